The largest absolute Gasteiger partial charge is 0.338 e. The van der Waals surface area contributed by atoms with E-state index in [-0.39, 0.29) is 11.3 Å². The number of piperidine rings is 1. The Bertz CT molecular complexity index is 510. The van der Waals surface area contributed by atoms with Gasteiger partial charge < -0.3 is 4.90 Å². The Kier molecular flexibility index (Phi) is 3.65. The van der Waals surface area contributed by atoms with Crippen molar-refractivity contribution in [3.63, 3.8) is 0 Å². The van der Waals surface area contributed by atoms with Crippen LogP contribution in [-0.2, 0) is 0 Å². The van der Waals surface area contributed by atoms with Gasteiger partial charge in [0.05, 0.1) is 16.5 Å². The van der Waals surface area contributed by atoms with Crippen molar-refractivity contribution in [2.75, 3.05) is 13.1 Å². The van der Waals surface area contributed by atoms with Gasteiger partial charge in [-0.3, -0.25) is 4.79 Å². The van der Waals surface area contributed by atoms with Crippen LogP contribution in [0.15, 0.2) is 5.38 Å². The first-order chi connectivity index (χ1) is 8.47. The number of nitriles is 1. The predicted molar refractivity (Wildman–Crippen MR) is 72.9 cm³/mol. The van der Waals surface area contributed by atoms with Crippen LogP contribution in [0.1, 0.15) is 35.0 Å². The van der Waals surface area contributed by atoms with Crippen molar-refractivity contribution in [3.05, 3.63) is 20.8 Å². The summed E-state index contributed by atoms with van der Waals surface area (Å²) in [5, 5.41) is 11.5. The lowest BCUT2D eigenvalue weighted by Crippen LogP contribution is -2.41. The Morgan fingerprint density at radius 1 is 1.56 bits per heavy atom. The van der Waals surface area contributed by atoms with Crippen molar-refractivity contribution < 1.29 is 4.79 Å². The summed E-state index contributed by atoms with van der Waals surface area (Å²) >= 11 is 7.51. The number of aryl methyl sites for hydroxylation is 1. The molecule has 1 saturated heterocycles. The van der Waals surface area contributed by atoms with E-state index < -0.39 is 0 Å². The van der Waals surface area contributed by atoms with Gasteiger partial charge in [-0.2, -0.15) is 5.26 Å². The first-order valence-electron chi connectivity index (χ1n) is 5.91. The lowest BCUT2D eigenvalue weighted by atomic mass is 9.82. The minimum atomic E-state index is -0.286. The molecule has 0 aromatic carbocycles. The molecule has 1 aromatic rings. The van der Waals surface area contributed by atoms with Gasteiger partial charge in [-0.15, -0.1) is 11.3 Å². The Morgan fingerprint density at radius 2 is 2.17 bits per heavy atom. The Balaban J connectivity index is 2.09. The summed E-state index contributed by atoms with van der Waals surface area (Å²) in [6, 6.07) is 2.33. The van der Waals surface area contributed by atoms with Crippen LogP contribution in [-0.4, -0.2) is 23.9 Å². The summed E-state index contributed by atoms with van der Waals surface area (Å²) in [4.78, 5) is 14.7. The maximum Gasteiger partial charge on any atom is 0.265 e. The number of carbonyl (C=O) groups excluding carboxylic acids is 1. The van der Waals surface area contributed by atoms with Crippen LogP contribution in [0.25, 0.3) is 0 Å². The van der Waals surface area contributed by atoms with Crippen molar-refractivity contribution in [2.45, 2.75) is 26.7 Å². The number of likely N-dealkylation sites (tertiary alicyclic amines) is 1. The lowest BCUT2D eigenvalue weighted by molar-refractivity contribution is 0.0666. The third-order valence-electron chi connectivity index (χ3n) is 3.52. The van der Waals surface area contributed by atoms with Crippen LogP contribution in [0, 0.1) is 23.7 Å². The van der Waals surface area contributed by atoms with Crippen molar-refractivity contribution in [3.8, 4) is 6.07 Å². The van der Waals surface area contributed by atoms with E-state index in [0.29, 0.717) is 23.0 Å². The second-order valence-electron chi connectivity index (χ2n) is 5.03. The van der Waals surface area contributed by atoms with E-state index >= 15 is 0 Å². The van der Waals surface area contributed by atoms with E-state index in [4.69, 9.17) is 16.9 Å². The van der Waals surface area contributed by atoms with Crippen LogP contribution < -0.4 is 0 Å². The molecule has 18 heavy (non-hydrogen) atoms. The lowest BCUT2D eigenvalue weighted by Gasteiger charge is -2.34. The first kappa shape index (κ1) is 13.4. The summed E-state index contributed by atoms with van der Waals surface area (Å²) in [7, 11) is 0. The number of amides is 1. The minimum Gasteiger partial charge on any atom is -0.338 e. The number of hydrogen-bond acceptors (Lipinski definition) is 3. The van der Waals surface area contributed by atoms with Gasteiger partial charge in [-0.1, -0.05) is 11.6 Å². The van der Waals surface area contributed by atoms with Crippen molar-refractivity contribution >= 4 is 28.8 Å². The average Bonchev–Trinajstić information content (AvgIpc) is 2.70. The molecule has 0 radical (unpaired) electrons. The molecule has 1 aliphatic rings. The molecular formula is C13H15ClN2OS. The zero-order chi connectivity index (χ0) is 13.3. The fourth-order valence-corrected chi connectivity index (χ4v) is 3.27. The number of thiophene rings is 1. The highest BCUT2D eigenvalue weighted by atomic mass is 35.5. The topological polar surface area (TPSA) is 44.1 Å². The van der Waals surface area contributed by atoms with Gasteiger partial charge in [0.2, 0.25) is 0 Å². The Hall–Kier alpha value is -1.05. The third kappa shape index (κ3) is 2.38. The van der Waals surface area contributed by atoms with E-state index in [1.165, 1.54) is 11.3 Å². The molecule has 2 heterocycles. The van der Waals surface area contributed by atoms with E-state index in [1.54, 1.807) is 4.90 Å². The molecule has 1 amide bonds. The summed E-state index contributed by atoms with van der Waals surface area (Å²) in [5.41, 5.74) is 0.662. The summed E-state index contributed by atoms with van der Waals surface area (Å²) < 4.78 is 0. The molecule has 1 aliphatic heterocycles. The third-order valence-corrected chi connectivity index (χ3v) is 5.20. The molecule has 0 bridgehead atoms. The summed E-state index contributed by atoms with van der Waals surface area (Å²) in [6.45, 7) is 5.13. The second kappa shape index (κ2) is 4.91. The number of halogens is 1. The van der Waals surface area contributed by atoms with Gasteiger partial charge >= 0.3 is 0 Å². The van der Waals surface area contributed by atoms with E-state index in [1.807, 2.05) is 19.2 Å². The molecule has 1 fully saturated rings. The zero-order valence-electron chi connectivity index (χ0n) is 10.5. The molecule has 5 heteroatoms. The molecule has 3 nitrogen and oxygen atoms in total. The highest BCUT2D eigenvalue weighted by Crippen LogP contribution is 2.33. The second-order valence-corrected chi connectivity index (χ2v) is 6.28. The minimum absolute atomic E-state index is 0.00177. The highest BCUT2D eigenvalue weighted by molar-refractivity contribution is 7.13. The first-order valence-corrected chi connectivity index (χ1v) is 7.17. The quantitative estimate of drug-likeness (QED) is 0.791. The van der Waals surface area contributed by atoms with Crippen molar-refractivity contribution in [1.29, 1.82) is 5.26 Å². The molecule has 0 unspecified atom stereocenters. The van der Waals surface area contributed by atoms with Crippen LogP contribution in [0.4, 0.5) is 0 Å². The van der Waals surface area contributed by atoms with Gasteiger partial charge in [-0.25, -0.2) is 0 Å². The number of carbonyl (C=O) groups is 1. The van der Waals surface area contributed by atoms with Gasteiger partial charge in [0.1, 0.15) is 4.88 Å². The van der Waals surface area contributed by atoms with Crippen molar-refractivity contribution in [2.24, 2.45) is 5.41 Å². The van der Waals surface area contributed by atoms with Gasteiger partial charge in [0, 0.05) is 13.1 Å². The molecule has 96 valence electrons. The number of nitrogens with zero attached hydrogens (tertiary/aromatic N) is 2. The van der Waals surface area contributed by atoms with Gasteiger partial charge in [0.25, 0.3) is 5.91 Å². The van der Waals surface area contributed by atoms with Gasteiger partial charge in [-0.05, 0) is 37.6 Å². The van der Waals surface area contributed by atoms with E-state index in [2.05, 4.69) is 6.07 Å². The smallest absolute Gasteiger partial charge is 0.265 e. The zero-order valence-corrected chi connectivity index (χ0v) is 12.1. The van der Waals surface area contributed by atoms with Crippen LogP contribution in [0.2, 0.25) is 5.02 Å². The average molecular weight is 283 g/mol. The molecule has 0 N–H and O–H groups in total. The van der Waals surface area contributed by atoms with Gasteiger partial charge in [0.15, 0.2) is 0 Å². The molecule has 0 saturated carbocycles. The Morgan fingerprint density at radius 3 is 2.61 bits per heavy atom. The fourth-order valence-electron chi connectivity index (χ4n) is 2.03. The maximum absolute atomic E-state index is 12.3. The van der Waals surface area contributed by atoms with E-state index in [9.17, 15) is 4.79 Å². The summed E-state index contributed by atoms with van der Waals surface area (Å²) in [6.07, 6.45) is 1.47. The molecule has 1 aromatic heterocycles. The Labute approximate surface area is 116 Å². The SMILES string of the molecule is Cc1csc(C(=O)N2CCC(C)(C#N)CC2)c1Cl. The standard InChI is InChI=1S/C13H15ClN2OS/c1-9-7-18-11(10(9)14)12(17)16-5-3-13(2,8-15)4-6-16/h7H,3-6H2,1-2H3. The molecule has 2 rings (SSSR count). The number of hydrogen-bond donors (Lipinski definition) is 0. The van der Waals surface area contributed by atoms with Crippen LogP contribution in [0.5, 0.6) is 0 Å². The van der Waals surface area contributed by atoms with Crippen molar-refractivity contribution in [1.82, 2.24) is 4.90 Å². The number of rotatable bonds is 1. The normalized spacial score (nSPS) is 18.4. The predicted octanol–water partition coefficient (Wildman–Crippen LogP) is 3.48. The molecule has 0 atom stereocenters. The highest BCUT2D eigenvalue weighted by Gasteiger charge is 2.33. The fraction of sp³-hybridized carbons (Fsp3) is 0.538. The monoisotopic (exact) mass is 282 g/mol. The maximum atomic E-state index is 12.3. The molecule has 0 spiro atoms. The van der Waals surface area contributed by atoms with Crippen LogP contribution in [0.3, 0.4) is 0 Å². The summed E-state index contributed by atoms with van der Waals surface area (Å²) in [5.74, 6) is -0.00177. The van der Waals surface area contributed by atoms with Crippen LogP contribution >= 0.6 is 22.9 Å². The van der Waals surface area contributed by atoms with E-state index in [0.717, 1.165) is 18.4 Å². The molecule has 0 aliphatic carbocycles. The molecular weight excluding hydrogens is 268 g/mol.